The maximum absolute atomic E-state index is 12.8. The van der Waals surface area contributed by atoms with Crippen molar-refractivity contribution in [3.8, 4) is 5.75 Å². The second-order valence-corrected chi connectivity index (χ2v) is 8.83. The number of carbonyl (C=O) groups excluding carboxylic acids is 1. The standard InChI is InChI=1S/C28H29N5O4/c1-33(2)15-14-24(32-26-22-8-5-9-23(28(35)36)25(22)29-17-30-26)19-6-4-7-20(16-19)31-27(34)18-10-12-21(37-3)13-11-18/h4-13,16-17,24H,14-15H2,1-3H3,(H,31,34)(H,35,36)(H,29,30,32). The van der Waals surface area contributed by atoms with Crippen molar-refractivity contribution in [1.82, 2.24) is 14.9 Å². The molecule has 0 aliphatic carbocycles. The zero-order valence-electron chi connectivity index (χ0n) is 20.9. The van der Waals surface area contributed by atoms with Crippen LogP contribution in [0.4, 0.5) is 11.5 Å². The molecule has 1 amide bonds. The number of anilines is 2. The van der Waals surface area contributed by atoms with Crippen molar-refractivity contribution < 1.29 is 19.4 Å². The first-order chi connectivity index (χ1) is 17.9. The minimum Gasteiger partial charge on any atom is -0.497 e. The number of rotatable bonds is 10. The number of nitrogens with zero attached hydrogens (tertiary/aromatic N) is 3. The Morgan fingerprint density at radius 1 is 1.03 bits per heavy atom. The Balaban J connectivity index is 1.62. The number of hydrogen-bond donors (Lipinski definition) is 3. The summed E-state index contributed by atoms with van der Waals surface area (Å²) in [6, 6.07) is 19.4. The van der Waals surface area contributed by atoms with E-state index in [1.54, 1.807) is 43.5 Å². The Morgan fingerprint density at radius 2 is 1.78 bits per heavy atom. The molecule has 3 aromatic carbocycles. The number of carbonyl (C=O) groups is 2. The van der Waals surface area contributed by atoms with Crippen LogP contribution in [0.2, 0.25) is 0 Å². The first-order valence-corrected chi connectivity index (χ1v) is 11.8. The Morgan fingerprint density at radius 3 is 2.49 bits per heavy atom. The zero-order valence-corrected chi connectivity index (χ0v) is 20.9. The molecule has 1 heterocycles. The van der Waals surface area contributed by atoms with Crippen LogP contribution in [-0.2, 0) is 0 Å². The molecule has 0 saturated heterocycles. The monoisotopic (exact) mass is 499 g/mol. The molecule has 37 heavy (non-hydrogen) atoms. The molecule has 0 fully saturated rings. The molecule has 9 nitrogen and oxygen atoms in total. The molecule has 3 N–H and O–H groups in total. The molecular formula is C28H29N5O4. The molecule has 190 valence electrons. The molecule has 0 saturated carbocycles. The smallest absolute Gasteiger partial charge is 0.337 e. The first-order valence-electron chi connectivity index (χ1n) is 11.8. The molecule has 0 radical (unpaired) electrons. The van der Waals surface area contributed by atoms with Crippen molar-refractivity contribution >= 4 is 34.3 Å². The summed E-state index contributed by atoms with van der Waals surface area (Å²) < 4.78 is 5.16. The number of benzene rings is 3. The number of amides is 1. The van der Waals surface area contributed by atoms with Crippen LogP contribution in [0.1, 0.15) is 38.7 Å². The van der Waals surface area contributed by atoms with Gasteiger partial charge in [0, 0.05) is 16.6 Å². The molecule has 0 spiro atoms. The number of nitrogens with one attached hydrogen (secondary N) is 2. The van der Waals surface area contributed by atoms with Gasteiger partial charge in [0.2, 0.25) is 0 Å². The number of ether oxygens (including phenoxy) is 1. The van der Waals surface area contributed by atoms with Gasteiger partial charge < -0.3 is 25.4 Å². The molecule has 1 aromatic heterocycles. The van der Waals surface area contributed by atoms with Gasteiger partial charge in [0.1, 0.15) is 17.9 Å². The predicted octanol–water partition coefficient (Wildman–Crippen LogP) is 4.69. The zero-order chi connectivity index (χ0) is 26.4. The van der Waals surface area contributed by atoms with Gasteiger partial charge in [0.15, 0.2) is 0 Å². The van der Waals surface area contributed by atoms with Crippen LogP contribution in [0.25, 0.3) is 10.9 Å². The van der Waals surface area contributed by atoms with Crippen LogP contribution in [0.5, 0.6) is 5.75 Å². The summed E-state index contributed by atoms with van der Waals surface area (Å²) in [7, 11) is 5.58. The summed E-state index contributed by atoms with van der Waals surface area (Å²) in [6.07, 6.45) is 2.11. The lowest BCUT2D eigenvalue weighted by Crippen LogP contribution is -2.21. The van der Waals surface area contributed by atoms with Crippen LogP contribution in [0, 0.1) is 0 Å². The largest absolute Gasteiger partial charge is 0.497 e. The lowest BCUT2D eigenvalue weighted by Gasteiger charge is -2.23. The second kappa shape index (κ2) is 11.5. The van der Waals surface area contributed by atoms with Gasteiger partial charge in [-0.25, -0.2) is 14.8 Å². The number of aromatic nitrogens is 2. The predicted molar refractivity (Wildman–Crippen MR) is 143 cm³/mol. The molecule has 9 heteroatoms. The Kier molecular flexibility index (Phi) is 7.95. The van der Waals surface area contributed by atoms with Gasteiger partial charge in [-0.3, -0.25) is 4.79 Å². The molecule has 0 bridgehead atoms. The van der Waals surface area contributed by atoms with Crippen LogP contribution in [-0.4, -0.2) is 59.6 Å². The number of carboxylic acid groups (broad SMARTS) is 1. The van der Waals surface area contributed by atoms with E-state index in [9.17, 15) is 14.7 Å². The molecule has 4 rings (SSSR count). The van der Waals surface area contributed by atoms with E-state index in [4.69, 9.17) is 4.74 Å². The maximum Gasteiger partial charge on any atom is 0.337 e. The van der Waals surface area contributed by atoms with E-state index in [0.29, 0.717) is 33.7 Å². The molecule has 0 aliphatic heterocycles. The van der Waals surface area contributed by atoms with Crippen LogP contribution in [0.15, 0.2) is 73.1 Å². The summed E-state index contributed by atoms with van der Waals surface area (Å²) >= 11 is 0. The highest BCUT2D eigenvalue weighted by molar-refractivity contribution is 6.05. The highest BCUT2D eigenvalue weighted by Gasteiger charge is 2.18. The van der Waals surface area contributed by atoms with Gasteiger partial charge in [-0.1, -0.05) is 18.2 Å². The number of para-hydroxylation sites is 1. The van der Waals surface area contributed by atoms with Gasteiger partial charge in [-0.2, -0.15) is 0 Å². The van der Waals surface area contributed by atoms with Crippen molar-refractivity contribution in [2.45, 2.75) is 12.5 Å². The van der Waals surface area contributed by atoms with E-state index < -0.39 is 5.97 Å². The van der Waals surface area contributed by atoms with Gasteiger partial charge in [0.25, 0.3) is 5.91 Å². The summed E-state index contributed by atoms with van der Waals surface area (Å²) in [6.45, 7) is 0.795. The van der Waals surface area contributed by atoms with Crippen LogP contribution >= 0.6 is 0 Å². The summed E-state index contributed by atoms with van der Waals surface area (Å²) in [5.74, 6) is -0.0362. The van der Waals surface area contributed by atoms with Crippen molar-refractivity contribution in [2.24, 2.45) is 0 Å². The van der Waals surface area contributed by atoms with E-state index in [0.717, 1.165) is 18.5 Å². The minimum atomic E-state index is -1.04. The van der Waals surface area contributed by atoms with E-state index in [1.165, 1.54) is 12.4 Å². The Bertz CT molecular complexity index is 1410. The fourth-order valence-electron chi connectivity index (χ4n) is 4.03. The molecular weight excluding hydrogens is 470 g/mol. The first kappa shape index (κ1) is 25.6. The second-order valence-electron chi connectivity index (χ2n) is 8.83. The van der Waals surface area contributed by atoms with E-state index in [2.05, 4.69) is 25.5 Å². The van der Waals surface area contributed by atoms with Crippen LogP contribution < -0.4 is 15.4 Å². The highest BCUT2D eigenvalue weighted by Crippen LogP contribution is 2.29. The van der Waals surface area contributed by atoms with Crippen LogP contribution in [0.3, 0.4) is 0 Å². The molecule has 1 unspecified atom stereocenters. The molecule has 0 aliphatic rings. The molecule has 1 atom stereocenters. The van der Waals surface area contributed by atoms with Crippen molar-refractivity contribution in [3.63, 3.8) is 0 Å². The maximum atomic E-state index is 12.8. The number of methoxy groups -OCH3 is 1. The third kappa shape index (κ3) is 6.20. The van der Waals surface area contributed by atoms with Gasteiger partial charge in [0.05, 0.1) is 24.2 Å². The van der Waals surface area contributed by atoms with Crippen molar-refractivity contribution in [2.75, 3.05) is 38.4 Å². The number of carboxylic acids is 1. The third-order valence-corrected chi connectivity index (χ3v) is 5.97. The van der Waals surface area contributed by atoms with E-state index in [-0.39, 0.29) is 17.5 Å². The van der Waals surface area contributed by atoms with E-state index >= 15 is 0 Å². The van der Waals surface area contributed by atoms with Gasteiger partial charge in [-0.15, -0.1) is 0 Å². The number of hydrogen-bond acceptors (Lipinski definition) is 7. The summed E-state index contributed by atoms with van der Waals surface area (Å²) in [5, 5.41) is 16.6. The fraction of sp³-hybridized carbons (Fsp3) is 0.214. The van der Waals surface area contributed by atoms with E-state index in [1.807, 2.05) is 38.4 Å². The fourth-order valence-corrected chi connectivity index (χ4v) is 4.03. The Labute approximate surface area is 215 Å². The van der Waals surface area contributed by atoms with Gasteiger partial charge in [-0.05, 0) is 81.2 Å². The number of aromatic carboxylic acids is 1. The normalized spacial score (nSPS) is 11.8. The van der Waals surface area contributed by atoms with Crippen molar-refractivity contribution in [3.05, 3.63) is 89.7 Å². The summed E-state index contributed by atoms with van der Waals surface area (Å²) in [5.41, 5.74) is 2.64. The lowest BCUT2D eigenvalue weighted by molar-refractivity contribution is 0.0698. The number of fused-ring (bicyclic) bond motifs is 1. The quantitative estimate of drug-likeness (QED) is 0.288. The SMILES string of the molecule is COc1ccc(C(=O)Nc2cccc(C(CCN(C)C)Nc3ncnc4c(C(=O)O)cccc34)c2)cc1. The van der Waals surface area contributed by atoms with Crippen molar-refractivity contribution in [1.29, 1.82) is 0 Å². The topological polar surface area (TPSA) is 117 Å². The summed E-state index contributed by atoms with van der Waals surface area (Å²) in [4.78, 5) is 35.2. The average molecular weight is 500 g/mol. The third-order valence-electron chi connectivity index (χ3n) is 5.97. The highest BCUT2D eigenvalue weighted by atomic mass is 16.5. The lowest BCUT2D eigenvalue weighted by atomic mass is 10.0. The Hall–Kier alpha value is -4.50. The minimum absolute atomic E-state index is 0.121. The van der Waals surface area contributed by atoms with Gasteiger partial charge >= 0.3 is 5.97 Å². The average Bonchev–Trinajstić information content (AvgIpc) is 2.90. The molecule has 4 aromatic rings.